The van der Waals surface area contributed by atoms with Gasteiger partial charge in [0, 0.05) is 35.8 Å². The van der Waals surface area contributed by atoms with Crippen molar-refractivity contribution in [2.75, 3.05) is 25.0 Å². The van der Waals surface area contributed by atoms with Gasteiger partial charge in [0.05, 0.1) is 0 Å². The van der Waals surface area contributed by atoms with Crippen LogP contribution < -0.4 is 10.2 Å². The zero-order valence-electron chi connectivity index (χ0n) is 11.7. The lowest BCUT2D eigenvalue weighted by Gasteiger charge is -2.35. The predicted molar refractivity (Wildman–Crippen MR) is 80.5 cm³/mol. The third kappa shape index (κ3) is 3.39. The topological polar surface area (TPSA) is 28.2 Å². The first-order chi connectivity index (χ1) is 8.58. The van der Waals surface area contributed by atoms with Crippen molar-refractivity contribution in [3.05, 3.63) is 23.4 Å². The number of anilines is 1. The van der Waals surface area contributed by atoms with Crippen LogP contribution in [0.15, 0.2) is 12.1 Å². The summed E-state index contributed by atoms with van der Waals surface area (Å²) in [4.78, 5) is 7.13. The highest BCUT2D eigenvalue weighted by Gasteiger charge is 2.23. The summed E-state index contributed by atoms with van der Waals surface area (Å²) in [6.07, 6.45) is 0. The van der Waals surface area contributed by atoms with E-state index in [0.29, 0.717) is 10.5 Å². The van der Waals surface area contributed by atoms with Crippen LogP contribution in [0.3, 0.4) is 0 Å². The summed E-state index contributed by atoms with van der Waals surface area (Å²) in [6, 6.07) is 4.38. The second-order valence-corrected chi connectivity index (χ2v) is 7.05. The van der Waals surface area contributed by atoms with Crippen LogP contribution >= 0.6 is 11.8 Å². The molecule has 4 heteroatoms. The van der Waals surface area contributed by atoms with Crippen LogP contribution in [0.2, 0.25) is 0 Å². The summed E-state index contributed by atoms with van der Waals surface area (Å²) in [6.45, 7) is 9.79. The SMILES string of the molecule is CNCc1cc(C)nc(N2CC(C)SC(C)C2)c1. The molecular weight excluding hydrogens is 242 g/mol. The highest BCUT2D eigenvalue weighted by molar-refractivity contribution is 8.00. The minimum Gasteiger partial charge on any atom is -0.354 e. The summed E-state index contributed by atoms with van der Waals surface area (Å²) in [5.74, 6) is 1.14. The fourth-order valence-electron chi connectivity index (χ4n) is 2.55. The third-order valence-corrected chi connectivity index (χ3v) is 4.35. The standard InChI is InChI=1S/C14H23N3S/c1-10-5-13(7-15-4)6-14(16-10)17-8-11(2)18-12(3)9-17/h5-6,11-12,15H,7-9H2,1-4H3. The quantitative estimate of drug-likeness (QED) is 0.908. The van der Waals surface area contributed by atoms with Crippen LogP contribution in [-0.2, 0) is 6.54 Å². The summed E-state index contributed by atoms with van der Waals surface area (Å²) < 4.78 is 0. The van der Waals surface area contributed by atoms with E-state index in [9.17, 15) is 0 Å². The van der Waals surface area contributed by atoms with Crippen LogP contribution in [0.4, 0.5) is 5.82 Å². The van der Waals surface area contributed by atoms with Gasteiger partial charge in [-0.3, -0.25) is 0 Å². The molecule has 1 aliphatic rings. The Morgan fingerprint density at radius 3 is 2.61 bits per heavy atom. The van der Waals surface area contributed by atoms with Gasteiger partial charge in [0.1, 0.15) is 5.82 Å². The van der Waals surface area contributed by atoms with E-state index in [4.69, 9.17) is 4.98 Å². The molecule has 0 spiro atoms. The molecule has 0 bridgehead atoms. The Bertz CT molecular complexity index is 398. The van der Waals surface area contributed by atoms with E-state index in [1.807, 2.05) is 7.05 Å². The Morgan fingerprint density at radius 2 is 2.00 bits per heavy atom. The maximum atomic E-state index is 4.70. The minimum absolute atomic E-state index is 0.684. The Morgan fingerprint density at radius 1 is 1.33 bits per heavy atom. The van der Waals surface area contributed by atoms with Gasteiger partial charge in [-0.1, -0.05) is 13.8 Å². The molecular formula is C14H23N3S. The van der Waals surface area contributed by atoms with Gasteiger partial charge in [-0.2, -0.15) is 11.8 Å². The number of thioether (sulfide) groups is 1. The van der Waals surface area contributed by atoms with E-state index in [0.717, 1.165) is 31.1 Å². The Kier molecular flexibility index (Phi) is 4.51. The van der Waals surface area contributed by atoms with Crippen molar-refractivity contribution in [2.24, 2.45) is 0 Å². The molecule has 0 radical (unpaired) electrons. The summed E-state index contributed by atoms with van der Waals surface area (Å²) in [7, 11) is 1.98. The first-order valence-corrected chi connectivity index (χ1v) is 7.55. The zero-order chi connectivity index (χ0) is 13.1. The maximum Gasteiger partial charge on any atom is 0.129 e. The largest absolute Gasteiger partial charge is 0.354 e. The van der Waals surface area contributed by atoms with Crippen molar-refractivity contribution in [1.82, 2.24) is 10.3 Å². The summed E-state index contributed by atoms with van der Waals surface area (Å²) in [5, 5.41) is 4.58. The van der Waals surface area contributed by atoms with E-state index in [1.54, 1.807) is 0 Å². The van der Waals surface area contributed by atoms with Crippen LogP contribution in [0.25, 0.3) is 0 Å². The molecule has 0 aromatic carbocycles. The molecule has 1 N–H and O–H groups in total. The van der Waals surface area contributed by atoms with Crippen LogP contribution in [0, 0.1) is 6.92 Å². The van der Waals surface area contributed by atoms with Gasteiger partial charge in [-0.25, -0.2) is 4.98 Å². The number of nitrogens with one attached hydrogen (secondary N) is 1. The lowest BCUT2D eigenvalue weighted by atomic mass is 10.2. The molecule has 1 aliphatic heterocycles. The van der Waals surface area contributed by atoms with Gasteiger partial charge < -0.3 is 10.2 Å². The zero-order valence-corrected chi connectivity index (χ0v) is 12.5. The van der Waals surface area contributed by atoms with Crippen LogP contribution in [-0.4, -0.2) is 35.6 Å². The monoisotopic (exact) mass is 265 g/mol. The van der Waals surface area contributed by atoms with Gasteiger partial charge in [0.2, 0.25) is 0 Å². The maximum absolute atomic E-state index is 4.70. The second kappa shape index (κ2) is 5.93. The first kappa shape index (κ1) is 13.7. The average Bonchev–Trinajstić information content (AvgIpc) is 2.27. The number of rotatable bonds is 3. The van der Waals surface area contributed by atoms with Crippen LogP contribution in [0.5, 0.6) is 0 Å². The molecule has 2 rings (SSSR count). The van der Waals surface area contributed by atoms with Crippen molar-refractivity contribution in [3.63, 3.8) is 0 Å². The van der Waals surface area contributed by atoms with E-state index in [2.05, 4.69) is 54.9 Å². The summed E-state index contributed by atoms with van der Waals surface area (Å²) in [5.41, 5.74) is 2.43. The molecule has 2 atom stereocenters. The van der Waals surface area contributed by atoms with Crippen molar-refractivity contribution in [3.8, 4) is 0 Å². The Balaban J connectivity index is 2.21. The number of hydrogen-bond donors (Lipinski definition) is 1. The average molecular weight is 265 g/mol. The van der Waals surface area contributed by atoms with E-state index < -0.39 is 0 Å². The third-order valence-electron chi connectivity index (χ3n) is 3.12. The van der Waals surface area contributed by atoms with E-state index in [1.165, 1.54) is 5.56 Å². The van der Waals surface area contributed by atoms with E-state index >= 15 is 0 Å². The number of hydrogen-bond acceptors (Lipinski definition) is 4. The molecule has 0 aliphatic carbocycles. The van der Waals surface area contributed by atoms with Gasteiger partial charge in [-0.15, -0.1) is 0 Å². The second-order valence-electron chi connectivity index (χ2n) is 5.17. The molecule has 1 saturated heterocycles. The molecule has 0 saturated carbocycles. The van der Waals surface area contributed by atoms with Crippen molar-refractivity contribution >= 4 is 17.6 Å². The molecule has 2 heterocycles. The fourth-order valence-corrected chi connectivity index (χ4v) is 3.88. The number of aromatic nitrogens is 1. The molecule has 18 heavy (non-hydrogen) atoms. The highest BCUT2D eigenvalue weighted by atomic mass is 32.2. The van der Waals surface area contributed by atoms with E-state index in [-0.39, 0.29) is 0 Å². The van der Waals surface area contributed by atoms with Crippen LogP contribution in [0.1, 0.15) is 25.1 Å². The Labute approximate surface area is 114 Å². The number of nitrogens with zero attached hydrogens (tertiary/aromatic N) is 2. The fraction of sp³-hybridized carbons (Fsp3) is 0.643. The van der Waals surface area contributed by atoms with Gasteiger partial charge in [-0.05, 0) is 31.7 Å². The molecule has 3 nitrogen and oxygen atoms in total. The predicted octanol–water partition coefficient (Wildman–Crippen LogP) is 2.44. The molecule has 1 fully saturated rings. The molecule has 1 aromatic rings. The molecule has 0 amide bonds. The number of pyridine rings is 1. The van der Waals surface area contributed by atoms with Gasteiger partial charge in [0.15, 0.2) is 0 Å². The van der Waals surface area contributed by atoms with Gasteiger partial charge in [0.25, 0.3) is 0 Å². The van der Waals surface area contributed by atoms with Crippen molar-refractivity contribution in [1.29, 1.82) is 0 Å². The summed E-state index contributed by atoms with van der Waals surface area (Å²) >= 11 is 2.08. The Hall–Kier alpha value is -0.740. The highest BCUT2D eigenvalue weighted by Crippen LogP contribution is 2.28. The lowest BCUT2D eigenvalue weighted by molar-refractivity contribution is 0.714. The molecule has 2 unspecified atom stereocenters. The minimum atomic E-state index is 0.684. The van der Waals surface area contributed by atoms with Gasteiger partial charge >= 0.3 is 0 Å². The molecule has 100 valence electrons. The smallest absolute Gasteiger partial charge is 0.129 e. The first-order valence-electron chi connectivity index (χ1n) is 6.61. The van der Waals surface area contributed by atoms with Crippen molar-refractivity contribution in [2.45, 2.75) is 37.8 Å². The number of aryl methyl sites for hydroxylation is 1. The lowest BCUT2D eigenvalue weighted by Crippen LogP contribution is -2.41. The van der Waals surface area contributed by atoms with Crippen molar-refractivity contribution < 1.29 is 0 Å². The normalized spacial score (nSPS) is 24.3. The molecule has 1 aromatic heterocycles.